The minimum absolute atomic E-state index is 0.178. The number of methoxy groups -OCH3 is 1. The smallest absolute Gasteiger partial charge is 0.235 e. The fourth-order valence-electron chi connectivity index (χ4n) is 2.74. The van der Waals surface area contributed by atoms with Crippen LogP contribution in [0.5, 0.6) is 5.75 Å². The van der Waals surface area contributed by atoms with Gasteiger partial charge in [0.2, 0.25) is 5.91 Å². The van der Waals surface area contributed by atoms with Crippen molar-refractivity contribution in [1.82, 2.24) is 20.6 Å². The molecule has 0 aliphatic carbocycles. The SMILES string of the molecule is COc1cccc(C[C@H](C(=O)Nc2cc(C)ccc2C)c2nn[nH]n2)c1. The second kappa shape index (κ2) is 7.77. The number of amides is 1. The van der Waals surface area contributed by atoms with Crippen LogP contribution in [0, 0.1) is 13.8 Å². The van der Waals surface area contributed by atoms with Gasteiger partial charge < -0.3 is 10.1 Å². The number of aryl methyl sites for hydroxylation is 2. The van der Waals surface area contributed by atoms with E-state index in [1.165, 1.54) is 0 Å². The maximum atomic E-state index is 13.0. The molecule has 7 heteroatoms. The summed E-state index contributed by atoms with van der Waals surface area (Å²) in [6.45, 7) is 3.95. The molecule has 0 saturated carbocycles. The molecule has 1 amide bonds. The van der Waals surface area contributed by atoms with Crippen LogP contribution in [-0.2, 0) is 11.2 Å². The van der Waals surface area contributed by atoms with Gasteiger partial charge in [0.25, 0.3) is 0 Å². The van der Waals surface area contributed by atoms with E-state index >= 15 is 0 Å². The van der Waals surface area contributed by atoms with Gasteiger partial charge >= 0.3 is 0 Å². The minimum atomic E-state index is -0.569. The molecule has 0 saturated heterocycles. The van der Waals surface area contributed by atoms with Gasteiger partial charge in [0.1, 0.15) is 11.7 Å². The third kappa shape index (κ3) is 4.05. The molecule has 1 aromatic heterocycles. The fraction of sp³-hybridized carbons (Fsp3) is 0.263. The number of nitrogens with one attached hydrogen (secondary N) is 2. The van der Waals surface area contributed by atoms with E-state index < -0.39 is 5.92 Å². The third-order valence-electron chi connectivity index (χ3n) is 4.21. The van der Waals surface area contributed by atoms with Crippen LogP contribution in [0.3, 0.4) is 0 Å². The predicted molar refractivity (Wildman–Crippen MR) is 98.2 cm³/mol. The Morgan fingerprint density at radius 1 is 1.23 bits per heavy atom. The Hall–Kier alpha value is -3.22. The number of aromatic nitrogens is 4. The molecule has 26 heavy (non-hydrogen) atoms. The van der Waals surface area contributed by atoms with Gasteiger partial charge in [0.05, 0.1) is 7.11 Å². The van der Waals surface area contributed by atoms with E-state index in [1.807, 2.05) is 56.3 Å². The number of rotatable bonds is 6. The highest BCUT2D eigenvalue weighted by Gasteiger charge is 2.26. The topological polar surface area (TPSA) is 92.8 Å². The Kier molecular flexibility index (Phi) is 5.26. The van der Waals surface area contributed by atoms with Gasteiger partial charge in [-0.2, -0.15) is 5.21 Å². The number of H-pyrrole nitrogens is 1. The molecule has 0 bridgehead atoms. The lowest BCUT2D eigenvalue weighted by Gasteiger charge is -2.16. The normalized spacial score (nSPS) is 11.8. The molecular formula is C19H21N5O2. The first-order valence-corrected chi connectivity index (χ1v) is 8.31. The predicted octanol–water partition coefficient (Wildman–Crippen LogP) is 2.79. The standard InChI is InChI=1S/C19H21N5O2/c1-12-7-8-13(2)17(9-12)20-19(25)16(18-21-23-24-22-18)11-14-5-4-6-15(10-14)26-3/h4-10,16H,11H2,1-3H3,(H,20,25)(H,21,22,23,24)/t16-/m0/s1. The van der Waals surface area contributed by atoms with Crippen molar-refractivity contribution in [2.24, 2.45) is 0 Å². The van der Waals surface area contributed by atoms with Crippen molar-refractivity contribution >= 4 is 11.6 Å². The molecule has 7 nitrogen and oxygen atoms in total. The molecule has 1 atom stereocenters. The zero-order chi connectivity index (χ0) is 18.5. The van der Waals surface area contributed by atoms with Crippen LogP contribution in [0.1, 0.15) is 28.4 Å². The average Bonchev–Trinajstić information content (AvgIpc) is 3.17. The van der Waals surface area contributed by atoms with Crippen molar-refractivity contribution in [3.05, 3.63) is 65.0 Å². The number of hydrogen-bond acceptors (Lipinski definition) is 5. The summed E-state index contributed by atoms with van der Waals surface area (Å²) < 4.78 is 5.26. The monoisotopic (exact) mass is 351 g/mol. The maximum absolute atomic E-state index is 13.0. The Bertz CT molecular complexity index is 893. The van der Waals surface area contributed by atoms with Gasteiger partial charge in [-0.3, -0.25) is 4.79 Å². The Morgan fingerprint density at radius 3 is 2.81 bits per heavy atom. The molecule has 3 rings (SSSR count). The van der Waals surface area contributed by atoms with E-state index in [4.69, 9.17) is 4.74 Å². The number of aromatic amines is 1. The molecule has 0 fully saturated rings. The molecule has 3 aromatic rings. The summed E-state index contributed by atoms with van der Waals surface area (Å²) in [5.41, 5.74) is 3.82. The lowest BCUT2D eigenvalue weighted by molar-refractivity contribution is -0.117. The van der Waals surface area contributed by atoms with Gasteiger partial charge in [-0.25, -0.2) is 0 Å². The van der Waals surface area contributed by atoms with Gasteiger partial charge in [-0.15, -0.1) is 10.2 Å². The number of ether oxygens (including phenoxy) is 1. The highest BCUT2D eigenvalue weighted by atomic mass is 16.5. The molecule has 0 spiro atoms. The summed E-state index contributed by atoms with van der Waals surface area (Å²) in [5.74, 6) is 0.351. The maximum Gasteiger partial charge on any atom is 0.235 e. The molecule has 0 radical (unpaired) electrons. The van der Waals surface area contributed by atoms with Crippen molar-refractivity contribution in [1.29, 1.82) is 0 Å². The van der Waals surface area contributed by atoms with Crippen molar-refractivity contribution in [2.45, 2.75) is 26.2 Å². The van der Waals surface area contributed by atoms with Crippen LogP contribution in [0.15, 0.2) is 42.5 Å². The highest BCUT2D eigenvalue weighted by Crippen LogP contribution is 2.24. The number of anilines is 1. The van der Waals surface area contributed by atoms with E-state index in [1.54, 1.807) is 7.11 Å². The number of tetrazole rings is 1. The van der Waals surface area contributed by atoms with Gasteiger partial charge in [0.15, 0.2) is 5.82 Å². The number of hydrogen-bond donors (Lipinski definition) is 2. The molecule has 0 aliphatic heterocycles. The van der Waals surface area contributed by atoms with Gasteiger partial charge in [0, 0.05) is 5.69 Å². The van der Waals surface area contributed by atoms with Crippen molar-refractivity contribution in [3.8, 4) is 5.75 Å². The van der Waals surface area contributed by atoms with Crippen LogP contribution >= 0.6 is 0 Å². The quantitative estimate of drug-likeness (QED) is 0.712. The Balaban J connectivity index is 1.86. The molecule has 2 N–H and O–H groups in total. The first-order chi connectivity index (χ1) is 12.6. The Labute approximate surface area is 151 Å². The van der Waals surface area contributed by atoms with Crippen molar-refractivity contribution in [2.75, 3.05) is 12.4 Å². The zero-order valence-corrected chi connectivity index (χ0v) is 15.0. The number of nitrogens with zero attached hydrogens (tertiary/aromatic N) is 3. The zero-order valence-electron chi connectivity index (χ0n) is 15.0. The van der Waals surface area contributed by atoms with E-state index in [9.17, 15) is 4.79 Å². The second-order valence-electron chi connectivity index (χ2n) is 6.19. The minimum Gasteiger partial charge on any atom is -0.497 e. The van der Waals surface area contributed by atoms with E-state index in [0.29, 0.717) is 12.2 Å². The van der Waals surface area contributed by atoms with Crippen LogP contribution in [0.2, 0.25) is 0 Å². The average molecular weight is 351 g/mol. The lowest BCUT2D eigenvalue weighted by atomic mass is 9.97. The van der Waals surface area contributed by atoms with Gasteiger partial charge in [-0.1, -0.05) is 29.5 Å². The number of carbonyl (C=O) groups excluding carboxylic acids is 1. The molecular weight excluding hydrogens is 330 g/mol. The third-order valence-corrected chi connectivity index (χ3v) is 4.21. The first-order valence-electron chi connectivity index (χ1n) is 8.31. The van der Waals surface area contributed by atoms with E-state index in [2.05, 4.69) is 25.9 Å². The molecule has 0 aliphatic rings. The summed E-state index contributed by atoms with van der Waals surface area (Å²) in [5, 5.41) is 17.1. The van der Waals surface area contributed by atoms with Gasteiger partial charge in [-0.05, 0) is 55.2 Å². The fourth-order valence-corrected chi connectivity index (χ4v) is 2.74. The lowest BCUT2D eigenvalue weighted by Crippen LogP contribution is -2.24. The van der Waals surface area contributed by atoms with E-state index in [-0.39, 0.29) is 5.91 Å². The van der Waals surface area contributed by atoms with Crippen LogP contribution < -0.4 is 10.1 Å². The van der Waals surface area contributed by atoms with Crippen LogP contribution in [0.4, 0.5) is 5.69 Å². The van der Waals surface area contributed by atoms with Crippen LogP contribution in [0.25, 0.3) is 0 Å². The summed E-state index contributed by atoms with van der Waals surface area (Å²) in [4.78, 5) is 13.0. The first kappa shape index (κ1) is 17.6. The van der Waals surface area contributed by atoms with Crippen molar-refractivity contribution in [3.63, 3.8) is 0 Å². The molecule has 0 unspecified atom stereocenters. The van der Waals surface area contributed by atoms with Crippen LogP contribution in [-0.4, -0.2) is 33.6 Å². The summed E-state index contributed by atoms with van der Waals surface area (Å²) in [7, 11) is 1.61. The largest absolute Gasteiger partial charge is 0.497 e. The number of carbonyl (C=O) groups is 1. The highest BCUT2D eigenvalue weighted by molar-refractivity contribution is 5.96. The van der Waals surface area contributed by atoms with E-state index in [0.717, 1.165) is 28.1 Å². The summed E-state index contributed by atoms with van der Waals surface area (Å²) in [6.07, 6.45) is 0.438. The molecule has 1 heterocycles. The van der Waals surface area contributed by atoms with Crippen molar-refractivity contribution < 1.29 is 9.53 Å². The Morgan fingerprint density at radius 2 is 2.08 bits per heavy atom. The summed E-state index contributed by atoms with van der Waals surface area (Å²) in [6, 6.07) is 13.5. The number of benzene rings is 2. The summed E-state index contributed by atoms with van der Waals surface area (Å²) >= 11 is 0. The second-order valence-corrected chi connectivity index (χ2v) is 6.19. The molecule has 2 aromatic carbocycles. The molecule has 134 valence electrons.